The Balaban J connectivity index is 1.32. The number of hydrogen-bond acceptors (Lipinski definition) is 4. The molecular formula is C25H22F3N5O. The number of piperazine rings is 1. The third-order valence-corrected chi connectivity index (χ3v) is 6.00. The van der Waals surface area contributed by atoms with Gasteiger partial charge in [-0.05, 0) is 31.2 Å². The topological polar surface area (TPSA) is 53.7 Å². The number of fused-ring (bicyclic) bond motifs is 1. The molecule has 0 aliphatic carbocycles. The van der Waals surface area contributed by atoms with Crippen molar-refractivity contribution in [2.24, 2.45) is 0 Å². The van der Waals surface area contributed by atoms with Crippen molar-refractivity contribution in [2.45, 2.75) is 13.1 Å². The summed E-state index contributed by atoms with van der Waals surface area (Å²) >= 11 is 0. The van der Waals surface area contributed by atoms with E-state index < -0.39 is 11.7 Å². The third-order valence-electron chi connectivity index (χ3n) is 6.00. The first-order valence-electron chi connectivity index (χ1n) is 10.9. The van der Waals surface area contributed by atoms with E-state index in [1.165, 1.54) is 6.07 Å². The number of alkyl halides is 3. The highest BCUT2D eigenvalue weighted by molar-refractivity contribution is 5.93. The molecule has 1 amide bonds. The predicted octanol–water partition coefficient (Wildman–Crippen LogP) is 4.69. The monoisotopic (exact) mass is 465 g/mol. The predicted molar refractivity (Wildman–Crippen MR) is 123 cm³/mol. The molecule has 1 fully saturated rings. The minimum atomic E-state index is -4.38. The molecule has 1 aliphatic rings. The second-order valence-electron chi connectivity index (χ2n) is 8.28. The average molecular weight is 465 g/mol. The molecule has 174 valence electrons. The zero-order chi connectivity index (χ0) is 23.9. The van der Waals surface area contributed by atoms with Crippen LogP contribution in [0.1, 0.15) is 21.7 Å². The van der Waals surface area contributed by atoms with Crippen molar-refractivity contribution in [1.82, 2.24) is 19.5 Å². The number of amides is 1. The van der Waals surface area contributed by atoms with Gasteiger partial charge >= 0.3 is 6.18 Å². The van der Waals surface area contributed by atoms with Gasteiger partial charge in [0, 0.05) is 49.2 Å². The molecule has 5 rings (SSSR count). The Kier molecular flexibility index (Phi) is 5.47. The minimum absolute atomic E-state index is 0.197. The van der Waals surface area contributed by atoms with Gasteiger partial charge in [0.2, 0.25) is 0 Å². The van der Waals surface area contributed by atoms with Crippen molar-refractivity contribution in [1.29, 1.82) is 0 Å². The Morgan fingerprint density at radius 1 is 0.912 bits per heavy atom. The number of nitrogens with zero attached hydrogens (tertiary/aromatic N) is 5. The van der Waals surface area contributed by atoms with Gasteiger partial charge < -0.3 is 9.80 Å². The minimum Gasteiger partial charge on any atom is -0.368 e. The summed E-state index contributed by atoms with van der Waals surface area (Å²) in [5.74, 6) is -0.197. The van der Waals surface area contributed by atoms with Gasteiger partial charge in [0.15, 0.2) is 5.65 Å². The Morgan fingerprint density at radius 2 is 1.65 bits per heavy atom. The van der Waals surface area contributed by atoms with Crippen LogP contribution >= 0.6 is 0 Å². The summed E-state index contributed by atoms with van der Waals surface area (Å²) in [4.78, 5) is 21.3. The lowest BCUT2D eigenvalue weighted by molar-refractivity contribution is -0.137. The highest BCUT2D eigenvalue weighted by Gasteiger charge is 2.31. The molecule has 0 atom stereocenters. The summed E-state index contributed by atoms with van der Waals surface area (Å²) in [5, 5.41) is 4.61. The molecule has 0 spiro atoms. The molecule has 1 aliphatic heterocycles. The van der Waals surface area contributed by atoms with Crippen LogP contribution in [0.25, 0.3) is 16.9 Å². The van der Waals surface area contributed by atoms with Gasteiger partial charge in [0.25, 0.3) is 5.91 Å². The summed E-state index contributed by atoms with van der Waals surface area (Å²) < 4.78 is 40.9. The van der Waals surface area contributed by atoms with E-state index in [0.717, 1.165) is 29.1 Å². The molecular weight excluding hydrogens is 443 g/mol. The smallest absolute Gasteiger partial charge is 0.368 e. The molecule has 4 aromatic rings. The molecule has 3 heterocycles. The molecule has 0 saturated carbocycles. The van der Waals surface area contributed by atoms with E-state index in [2.05, 4.69) is 10.1 Å². The van der Waals surface area contributed by atoms with Gasteiger partial charge in [-0.15, -0.1) is 0 Å². The summed E-state index contributed by atoms with van der Waals surface area (Å²) in [6, 6.07) is 18.6. The van der Waals surface area contributed by atoms with Crippen molar-refractivity contribution in [3.05, 3.63) is 83.7 Å². The van der Waals surface area contributed by atoms with Gasteiger partial charge in [0.1, 0.15) is 5.69 Å². The maximum Gasteiger partial charge on any atom is 0.416 e. The van der Waals surface area contributed by atoms with Crippen LogP contribution < -0.4 is 4.90 Å². The lowest BCUT2D eigenvalue weighted by Crippen LogP contribution is -2.49. The largest absolute Gasteiger partial charge is 0.416 e. The molecule has 0 N–H and O–H groups in total. The lowest BCUT2D eigenvalue weighted by atomic mass is 10.1. The third kappa shape index (κ3) is 4.21. The molecule has 2 aromatic heterocycles. The first kappa shape index (κ1) is 21.9. The van der Waals surface area contributed by atoms with Crippen molar-refractivity contribution in [2.75, 3.05) is 31.1 Å². The van der Waals surface area contributed by atoms with Crippen LogP contribution in [0.5, 0.6) is 0 Å². The lowest BCUT2D eigenvalue weighted by Gasteiger charge is -2.36. The fraction of sp³-hybridized carbons (Fsp3) is 0.240. The van der Waals surface area contributed by atoms with Crippen molar-refractivity contribution >= 4 is 17.2 Å². The second-order valence-corrected chi connectivity index (χ2v) is 8.28. The van der Waals surface area contributed by atoms with Gasteiger partial charge in [-0.2, -0.15) is 18.3 Å². The van der Waals surface area contributed by atoms with Gasteiger partial charge in [-0.25, -0.2) is 9.50 Å². The molecule has 6 nitrogen and oxygen atoms in total. The van der Waals surface area contributed by atoms with Gasteiger partial charge in [0.05, 0.1) is 11.3 Å². The van der Waals surface area contributed by atoms with E-state index in [1.807, 2.05) is 48.2 Å². The van der Waals surface area contributed by atoms with Crippen molar-refractivity contribution in [3.63, 3.8) is 0 Å². The molecule has 1 saturated heterocycles. The quantitative estimate of drug-likeness (QED) is 0.441. The Labute approximate surface area is 194 Å². The maximum atomic E-state index is 13.2. The molecule has 0 radical (unpaired) electrons. The number of carbonyl (C=O) groups excluding carboxylic acids is 1. The Morgan fingerprint density at radius 3 is 2.35 bits per heavy atom. The fourth-order valence-corrected chi connectivity index (χ4v) is 4.19. The SMILES string of the molecule is Cc1cc(C(=O)N2CCN(c3cccc(C(F)(F)F)c3)CC2)nc2cc(-c3ccccc3)nn12. The maximum absolute atomic E-state index is 13.2. The summed E-state index contributed by atoms with van der Waals surface area (Å²) in [6.45, 7) is 3.56. The zero-order valence-corrected chi connectivity index (χ0v) is 18.5. The molecule has 9 heteroatoms. The van der Waals surface area contributed by atoms with Crippen LogP contribution in [0, 0.1) is 6.92 Å². The highest BCUT2D eigenvalue weighted by atomic mass is 19.4. The van der Waals surface area contributed by atoms with Crippen LogP contribution in [0.4, 0.5) is 18.9 Å². The highest BCUT2D eigenvalue weighted by Crippen LogP contribution is 2.32. The standard InChI is InChI=1S/C25H22F3N5O/c1-17-14-22(29-23-16-21(30-33(17)23)18-6-3-2-4-7-18)24(34)32-12-10-31(11-13-32)20-9-5-8-19(15-20)25(26,27)28/h2-9,14-16H,10-13H2,1H3. The number of aromatic nitrogens is 3. The molecule has 0 bridgehead atoms. The van der Waals surface area contributed by atoms with E-state index in [4.69, 9.17) is 0 Å². The molecule has 0 unspecified atom stereocenters. The van der Waals surface area contributed by atoms with Crippen LogP contribution in [0.3, 0.4) is 0 Å². The van der Waals surface area contributed by atoms with E-state index in [1.54, 1.807) is 21.5 Å². The first-order valence-corrected chi connectivity index (χ1v) is 10.9. The summed E-state index contributed by atoms with van der Waals surface area (Å²) in [5.41, 5.74) is 3.28. The second kappa shape index (κ2) is 8.48. The summed E-state index contributed by atoms with van der Waals surface area (Å²) in [7, 11) is 0. The number of aryl methyl sites for hydroxylation is 1. The van der Waals surface area contributed by atoms with E-state index >= 15 is 0 Å². The zero-order valence-electron chi connectivity index (χ0n) is 18.5. The van der Waals surface area contributed by atoms with E-state index in [0.29, 0.717) is 43.2 Å². The van der Waals surface area contributed by atoms with Crippen molar-refractivity contribution < 1.29 is 18.0 Å². The van der Waals surface area contributed by atoms with Crippen LogP contribution in [-0.2, 0) is 6.18 Å². The molecule has 34 heavy (non-hydrogen) atoms. The van der Waals surface area contributed by atoms with E-state index in [-0.39, 0.29) is 5.91 Å². The normalized spacial score (nSPS) is 14.6. The molecule has 2 aromatic carbocycles. The first-order chi connectivity index (χ1) is 16.3. The van der Waals surface area contributed by atoms with E-state index in [9.17, 15) is 18.0 Å². The number of hydrogen-bond donors (Lipinski definition) is 0. The van der Waals surface area contributed by atoms with Crippen LogP contribution in [-0.4, -0.2) is 51.6 Å². The number of benzene rings is 2. The Hall–Kier alpha value is -3.88. The van der Waals surface area contributed by atoms with Gasteiger partial charge in [-0.3, -0.25) is 4.79 Å². The van der Waals surface area contributed by atoms with Crippen molar-refractivity contribution in [3.8, 4) is 11.3 Å². The van der Waals surface area contributed by atoms with Crippen LogP contribution in [0.2, 0.25) is 0 Å². The van der Waals surface area contributed by atoms with Crippen LogP contribution in [0.15, 0.2) is 66.7 Å². The number of carbonyl (C=O) groups is 1. The van der Waals surface area contributed by atoms with Gasteiger partial charge in [-0.1, -0.05) is 36.4 Å². The number of anilines is 1. The fourth-order valence-electron chi connectivity index (χ4n) is 4.19. The summed E-state index contributed by atoms with van der Waals surface area (Å²) in [6.07, 6.45) is -4.38. The average Bonchev–Trinajstić information content (AvgIpc) is 3.29. The number of rotatable bonds is 3. The number of halogens is 3. The Bertz CT molecular complexity index is 1340.